The SMILES string of the molecule is CNc1ccnc(-c2ccc(C)cc2)c1. The molecule has 0 atom stereocenters. The number of rotatable bonds is 2. The third-order valence-corrected chi connectivity index (χ3v) is 2.40. The van der Waals surface area contributed by atoms with E-state index in [4.69, 9.17) is 0 Å². The molecule has 0 fully saturated rings. The van der Waals surface area contributed by atoms with Gasteiger partial charge in [-0.25, -0.2) is 0 Å². The van der Waals surface area contributed by atoms with E-state index in [9.17, 15) is 0 Å². The first-order chi connectivity index (χ1) is 7.29. The van der Waals surface area contributed by atoms with Crippen molar-refractivity contribution in [2.24, 2.45) is 0 Å². The van der Waals surface area contributed by atoms with Crippen LogP contribution in [-0.4, -0.2) is 12.0 Å². The lowest BCUT2D eigenvalue weighted by Gasteiger charge is -2.04. The Balaban J connectivity index is 2.40. The van der Waals surface area contributed by atoms with Gasteiger partial charge in [-0.15, -0.1) is 0 Å². The molecular weight excluding hydrogens is 184 g/mol. The van der Waals surface area contributed by atoms with Gasteiger partial charge in [0, 0.05) is 24.5 Å². The Kier molecular flexibility index (Phi) is 2.68. The zero-order valence-corrected chi connectivity index (χ0v) is 8.99. The summed E-state index contributed by atoms with van der Waals surface area (Å²) in [6.45, 7) is 2.08. The Morgan fingerprint density at radius 1 is 1.07 bits per heavy atom. The molecule has 1 N–H and O–H groups in total. The van der Waals surface area contributed by atoms with Crippen molar-refractivity contribution >= 4 is 5.69 Å². The zero-order chi connectivity index (χ0) is 10.7. The molecule has 2 nitrogen and oxygen atoms in total. The van der Waals surface area contributed by atoms with E-state index in [-0.39, 0.29) is 0 Å². The molecule has 0 unspecified atom stereocenters. The van der Waals surface area contributed by atoms with E-state index in [1.807, 2.05) is 25.4 Å². The smallest absolute Gasteiger partial charge is 0.0722 e. The van der Waals surface area contributed by atoms with E-state index in [0.717, 1.165) is 16.9 Å². The van der Waals surface area contributed by atoms with Gasteiger partial charge in [0.15, 0.2) is 0 Å². The van der Waals surface area contributed by atoms with Gasteiger partial charge in [-0.3, -0.25) is 4.98 Å². The van der Waals surface area contributed by atoms with Crippen LogP contribution in [0.1, 0.15) is 5.56 Å². The Morgan fingerprint density at radius 2 is 1.80 bits per heavy atom. The topological polar surface area (TPSA) is 24.9 Å². The van der Waals surface area contributed by atoms with Gasteiger partial charge in [-0.2, -0.15) is 0 Å². The van der Waals surface area contributed by atoms with Crippen LogP contribution in [0.2, 0.25) is 0 Å². The maximum atomic E-state index is 4.35. The van der Waals surface area contributed by atoms with E-state index in [2.05, 4.69) is 41.5 Å². The fraction of sp³-hybridized carbons (Fsp3) is 0.154. The highest BCUT2D eigenvalue weighted by Crippen LogP contribution is 2.19. The highest BCUT2D eigenvalue weighted by Gasteiger charge is 1.99. The Labute approximate surface area is 90.0 Å². The van der Waals surface area contributed by atoms with Crippen LogP contribution in [0.4, 0.5) is 5.69 Å². The molecule has 0 aliphatic carbocycles. The van der Waals surface area contributed by atoms with Crippen LogP contribution in [0.5, 0.6) is 0 Å². The van der Waals surface area contributed by atoms with Crippen LogP contribution in [0, 0.1) is 6.92 Å². The standard InChI is InChI=1S/C13H14N2/c1-10-3-5-11(6-4-10)13-9-12(14-2)7-8-15-13/h3-9H,1-2H3,(H,14,15). The largest absolute Gasteiger partial charge is 0.388 e. The zero-order valence-electron chi connectivity index (χ0n) is 8.99. The number of hydrogen-bond acceptors (Lipinski definition) is 2. The van der Waals surface area contributed by atoms with Gasteiger partial charge in [0.1, 0.15) is 0 Å². The first kappa shape index (κ1) is 9.71. The summed E-state index contributed by atoms with van der Waals surface area (Å²) in [4.78, 5) is 4.35. The number of aromatic nitrogens is 1. The minimum absolute atomic E-state index is 1.00. The third-order valence-electron chi connectivity index (χ3n) is 2.40. The van der Waals surface area contributed by atoms with Crippen molar-refractivity contribution in [3.05, 3.63) is 48.2 Å². The number of anilines is 1. The number of nitrogens with zero attached hydrogens (tertiary/aromatic N) is 1. The highest BCUT2D eigenvalue weighted by atomic mass is 14.8. The Morgan fingerprint density at radius 3 is 2.47 bits per heavy atom. The Bertz CT molecular complexity index is 446. The molecule has 0 bridgehead atoms. The number of pyridine rings is 1. The minimum Gasteiger partial charge on any atom is -0.388 e. The summed E-state index contributed by atoms with van der Waals surface area (Å²) in [5.74, 6) is 0. The summed E-state index contributed by atoms with van der Waals surface area (Å²) in [6.07, 6.45) is 1.82. The number of aryl methyl sites for hydroxylation is 1. The van der Waals surface area contributed by atoms with E-state index in [0.29, 0.717) is 0 Å². The summed E-state index contributed by atoms with van der Waals surface area (Å²) in [6, 6.07) is 12.4. The average molecular weight is 198 g/mol. The number of benzene rings is 1. The van der Waals surface area contributed by atoms with Crippen LogP contribution in [-0.2, 0) is 0 Å². The van der Waals surface area contributed by atoms with Crippen molar-refractivity contribution in [2.45, 2.75) is 6.92 Å². The maximum Gasteiger partial charge on any atom is 0.0722 e. The third kappa shape index (κ3) is 2.15. The second-order valence-electron chi connectivity index (χ2n) is 3.55. The normalized spacial score (nSPS) is 10.0. The average Bonchev–Trinajstić information content (AvgIpc) is 2.30. The van der Waals surface area contributed by atoms with Gasteiger partial charge in [-0.1, -0.05) is 29.8 Å². The summed E-state index contributed by atoms with van der Waals surface area (Å²) < 4.78 is 0. The van der Waals surface area contributed by atoms with Gasteiger partial charge >= 0.3 is 0 Å². The first-order valence-corrected chi connectivity index (χ1v) is 5.00. The monoisotopic (exact) mass is 198 g/mol. The molecule has 0 aliphatic heterocycles. The van der Waals surface area contributed by atoms with Gasteiger partial charge in [0.25, 0.3) is 0 Å². The van der Waals surface area contributed by atoms with Crippen LogP contribution < -0.4 is 5.32 Å². The molecule has 2 heteroatoms. The molecule has 0 radical (unpaired) electrons. The second kappa shape index (κ2) is 4.13. The van der Waals surface area contributed by atoms with Crippen molar-refractivity contribution in [3.8, 4) is 11.3 Å². The molecule has 2 aromatic rings. The van der Waals surface area contributed by atoms with E-state index >= 15 is 0 Å². The molecule has 15 heavy (non-hydrogen) atoms. The van der Waals surface area contributed by atoms with Crippen molar-refractivity contribution in [1.82, 2.24) is 4.98 Å². The fourth-order valence-electron chi connectivity index (χ4n) is 1.47. The van der Waals surface area contributed by atoms with Crippen LogP contribution >= 0.6 is 0 Å². The van der Waals surface area contributed by atoms with Gasteiger partial charge < -0.3 is 5.32 Å². The quantitative estimate of drug-likeness (QED) is 0.802. The van der Waals surface area contributed by atoms with E-state index in [1.165, 1.54) is 5.56 Å². The van der Waals surface area contributed by atoms with Crippen LogP contribution in [0.25, 0.3) is 11.3 Å². The van der Waals surface area contributed by atoms with Crippen molar-refractivity contribution < 1.29 is 0 Å². The molecule has 0 amide bonds. The molecule has 1 aromatic heterocycles. The lowest BCUT2D eigenvalue weighted by molar-refractivity contribution is 1.31. The van der Waals surface area contributed by atoms with Gasteiger partial charge in [-0.05, 0) is 19.1 Å². The van der Waals surface area contributed by atoms with Crippen LogP contribution in [0.15, 0.2) is 42.6 Å². The van der Waals surface area contributed by atoms with Crippen molar-refractivity contribution in [3.63, 3.8) is 0 Å². The molecule has 0 saturated heterocycles. The molecule has 0 aliphatic rings. The minimum atomic E-state index is 1.00. The van der Waals surface area contributed by atoms with E-state index in [1.54, 1.807) is 0 Å². The molecule has 1 heterocycles. The number of nitrogens with one attached hydrogen (secondary N) is 1. The molecule has 2 rings (SSSR count). The summed E-state index contributed by atoms with van der Waals surface area (Å²) >= 11 is 0. The van der Waals surface area contributed by atoms with Gasteiger partial charge in [0.05, 0.1) is 5.69 Å². The molecular formula is C13H14N2. The van der Waals surface area contributed by atoms with Gasteiger partial charge in [0.2, 0.25) is 0 Å². The van der Waals surface area contributed by atoms with Crippen LogP contribution in [0.3, 0.4) is 0 Å². The maximum absolute atomic E-state index is 4.35. The lowest BCUT2D eigenvalue weighted by Crippen LogP contribution is -1.90. The lowest BCUT2D eigenvalue weighted by atomic mass is 10.1. The second-order valence-corrected chi connectivity index (χ2v) is 3.55. The Hall–Kier alpha value is -1.83. The predicted molar refractivity (Wildman–Crippen MR) is 64.0 cm³/mol. The molecule has 76 valence electrons. The fourth-order valence-corrected chi connectivity index (χ4v) is 1.47. The summed E-state index contributed by atoms with van der Waals surface area (Å²) in [7, 11) is 1.91. The molecule has 0 spiro atoms. The molecule has 0 saturated carbocycles. The molecule has 1 aromatic carbocycles. The summed E-state index contributed by atoms with van der Waals surface area (Å²) in [5, 5.41) is 3.11. The van der Waals surface area contributed by atoms with Crippen molar-refractivity contribution in [1.29, 1.82) is 0 Å². The summed E-state index contributed by atoms with van der Waals surface area (Å²) in [5.41, 5.74) is 4.50. The van der Waals surface area contributed by atoms with Crippen molar-refractivity contribution in [2.75, 3.05) is 12.4 Å². The highest BCUT2D eigenvalue weighted by molar-refractivity contribution is 5.63. The first-order valence-electron chi connectivity index (χ1n) is 5.00. The predicted octanol–water partition coefficient (Wildman–Crippen LogP) is 3.10. The van der Waals surface area contributed by atoms with E-state index < -0.39 is 0 Å². The number of hydrogen-bond donors (Lipinski definition) is 1.